The molecule has 0 amide bonds. The molecule has 1 aliphatic carbocycles. The molecular formula is C11H17NO8. The van der Waals surface area contributed by atoms with E-state index in [1.165, 1.54) is 7.11 Å². The second-order valence-electron chi connectivity index (χ2n) is 3.98. The number of esters is 1. The number of aliphatic carboxylic acids is 2. The number of carbonyl (C=O) groups is 3. The average Bonchev–Trinajstić information content (AvgIpc) is 2.83. The lowest BCUT2D eigenvalue weighted by molar-refractivity contribution is -0.165. The Morgan fingerprint density at radius 3 is 1.85 bits per heavy atom. The average molecular weight is 291 g/mol. The highest BCUT2D eigenvalue weighted by Crippen LogP contribution is 2.16. The molecule has 0 heterocycles. The van der Waals surface area contributed by atoms with Gasteiger partial charge in [0.15, 0.2) is 12.2 Å². The monoisotopic (exact) mass is 291 g/mol. The SMILES string of the molecule is COC(=O)[C@H]1C=C[C@@H](N)C1.O=C(O)[C@@H](O)[C@H](O)C(=O)O. The topological polar surface area (TPSA) is 167 Å². The van der Waals surface area contributed by atoms with Crippen molar-refractivity contribution in [3.8, 4) is 0 Å². The minimum absolute atomic E-state index is 0.0316. The van der Waals surface area contributed by atoms with E-state index in [0.29, 0.717) is 6.42 Å². The molecule has 1 aliphatic rings. The van der Waals surface area contributed by atoms with Crippen LogP contribution in [0.5, 0.6) is 0 Å². The van der Waals surface area contributed by atoms with Crippen LogP contribution in [-0.4, -0.2) is 63.7 Å². The second kappa shape index (κ2) is 8.25. The van der Waals surface area contributed by atoms with Gasteiger partial charge in [0, 0.05) is 6.04 Å². The Kier molecular flexibility index (Phi) is 7.44. The molecule has 0 spiro atoms. The number of nitrogens with two attached hydrogens (primary N) is 1. The molecule has 9 nitrogen and oxygen atoms in total. The zero-order valence-electron chi connectivity index (χ0n) is 10.7. The van der Waals surface area contributed by atoms with Crippen molar-refractivity contribution in [2.45, 2.75) is 24.7 Å². The van der Waals surface area contributed by atoms with Crippen LogP contribution >= 0.6 is 0 Å². The fraction of sp³-hybridized carbons (Fsp3) is 0.545. The Morgan fingerprint density at radius 1 is 1.15 bits per heavy atom. The van der Waals surface area contributed by atoms with E-state index in [1.807, 2.05) is 6.08 Å². The van der Waals surface area contributed by atoms with E-state index in [0.717, 1.165) is 0 Å². The van der Waals surface area contributed by atoms with Crippen LogP contribution in [0.25, 0.3) is 0 Å². The van der Waals surface area contributed by atoms with Crippen molar-refractivity contribution in [1.82, 2.24) is 0 Å². The Hall–Kier alpha value is -1.97. The van der Waals surface area contributed by atoms with Gasteiger partial charge in [-0.15, -0.1) is 0 Å². The van der Waals surface area contributed by atoms with Crippen molar-refractivity contribution in [2.24, 2.45) is 11.7 Å². The molecule has 0 aromatic heterocycles. The Balaban J connectivity index is 0.000000361. The molecule has 0 aromatic rings. The van der Waals surface area contributed by atoms with Gasteiger partial charge in [0.1, 0.15) is 0 Å². The highest BCUT2D eigenvalue weighted by molar-refractivity contribution is 5.83. The van der Waals surface area contributed by atoms with Crippen molar-refractivity contribution >= 4 is 17.9 Å². The van der Waals surface area contributed by atoms with Gasteiger partial charge < -0.3 is 30.9 Å². The van der Waals surface area contributed by atoms with Crippen molar-refractivity contribution in [3.63, 3.8) is 0 Å². The molecule has 4 atom stereocenters. The van der Waals surface area contributed by atoms with Gasteiger partial charge in [-0.1, -0.05) is 12.2 Å². The van der Waals surface area contributed by atoms with E-state index in [2.05, 4.69) is 4.74 Å². The van der Waals surface area contributed by atoms with E-state index in [4.69, 9.17) is 26.2 Å². The Morgan fingerprint density at radius 2 is 1.60 bits per heavy atom. The summed E-state index contributed by atoms with van der Waals surface area (Å²) in [6.45, 7) is 0. The molecule has 0 bridgehead atoms. The van der Waals surface area contributed by atoms with Crippen LogP contribution in [0.3, 0.4) is 0 Å². The zero-order valence-corrected chi connectivity index (χ0v) is 10.7. The molecule has 0 saturated heterocycles. The molecule has 6 N–H and O–H groups in total. The van der Waals surface area contributed by atoms with Gasteiger partial charge in [-0.2, -0.15) is 0 Å². The summed E-state index contributed by atoms with van der Waals surface area (Å²) < 4.78 is 4.54. The summed E-state index contributed by atoms with van der Waals surface area (Å²) in [6, 6.07) is 0.0316. The molecule has 20 heavy (non-hydrogen) atoms. The molecule has 9 heteroatoms. The number of rotatable bonds is 4. The fourth-order valence-electron chi connectivity index (χ4n) is 1.32. The predicted octanol–water partition coefficient (Wildman–Crippen LogP) is -2.06. The van der Waals surface area contributed by atoms with Crippen molar-refractivity contribution in [1.29, 1.82) is 0 Å². The first-order valence-corrected chi connectivity index (χ1v) is 5.54. The van der Waals surface area contributed by atoms with Gasteiger partial charge in [0.25, 0.3) is 0 Å². The number of hydrogen-bond acceptors (Lipinski definition) is 7. The summed E-state index contributed by atoms with van der Waals surface area (Å²) in [5, 5.41) is 32.5. The fourth-order valence-corrected chi connectivity index (χ4v) is 1.32. The maximum atomic E-state index is 10.8. The first kappa shape index (κ1) is 18.0. The smallest absolute Gasteiger partial charge is 0.335 e. The predicted molar refractivity (Wildman–Crippen MR) is 64.5 cm³/mol. The number of ether oxygens (including phenoxy) is 1. The van der Waals surface area contributed by atoms with Crippen LogP contribution in [0.15, 0.2) is 12.2 Å². The highest BCUT2D eigenvalue weighted by Gasteiger charge is 2.29. The molecule has 0 aliphatic heterocycles. The summed E-state index contributed by atoms with van der Waals surface area (Å²) in [7, 11) is 1.39. The maximum Gasteiger partial charge on any atom is 0.335 e. The lowest BCUT2D eigenvalue weighted by atomic mass is 10.1. The number of methoxy groups -OCH3 is 1. The van der Waals surface area contributed by atoms with Crippen LogP contribution < -0.4 is 5.73 Å². The van der Waals surface area contributed by atoms with E-state index in [1.54, 1.807) is 6.08 Å². The third kappa shape index (κ3) is 5.78. The summed E-state index contributed by atoms with van der Waals surface area (Å²) in [4.78, 5) is 30.4. The summed E-state index contributed by atoms with van der Waals surface area (Å²) >= 11 is 0. The maximum absolute atomic E-state index is 10.8. The Bertz CT molecular complexity index is 376. The molecule has 0 radical (unpaired) electrons. The van der Waals surface area contributed by atoms with Crippen LogP contribution in [0, 0.1) is 5.92 Å². The van der Waals surface area contributed by atoms with Gasteiger partial charge in [0.05, 0.1) is 13.0 Å². The molecular weight excluding hydrogens is 274 g/mol. The van der Waals surface area contributed by atoms with Gasteiger partial charge in [-0.3, -0.25) is 4.79 Å². The van der Waals surface area contributed by atoms with E-state index >= 15 is 0 Å². The summed E-state index contributed by atoms with van der Waals surface area (Å²) in [6.07, 6.45) is -0.208. The van der Waals surface area contributed by atoms with E-state index < -0.39 is 24.1 Å². The first-order chi connectivity index (χ1) is 9.20. The minimum atomic E-state index is -2.27. The molecule has 0 aromatic carbocycles. The van der Waals surface area contributed by atoms with E-state index in [-0.39, 0.29) is 17.9 Å². The van der Waals surface area contributed by atoms with Crippen LogP contribution in [0.1, 0.15) is 6.42 Å². The van der Waals surface area contributed by atoms with Gasteiger partial charge in [-0.25, -0.2) is 9.59 Å². The molecule has 0 fully saturated rings. The summed E-state index contributed by atoms with van der Waals surface area (Å²) in [5.41, 5.74) is 5.52. The van der Waals surface area contributed by atoms with Crippen LogP contribution in [0.2, 0.25) is 0 Å². The van der Waals surface area contributed by atoms with Gasteiger partial charge in [0.2, 0.25) is 0 Å². The van der Waals surface area contributed by atoms with Crippen molar-refractivity contribution in [3.05, 3.63) is 12.2 Å². The van der Waals surface area contributed by atoms with E-state index in [9.17, 15) is 14.4 Å². The number of aliphatic hydroxyl groups is 2. The number of carboxylic acid groups (broad SMARTS) is 2. The lowest BCUT2D eigenvalue weighted by Gasteiger charge is -2.07. The highest BCUT2D eigenvalue weighted by atomic mass is 16.5. The van der Waals surface area contributed by atoms with Gasteiger partial charge >= 0.3 is 17.9 Å². The third-order valence-electron chi connectivity index (χ3n) is 2.43. The van der Waals surface area contributed by atoms with Gasteiger partial charge in [-0.05, 0) is 6.42 Å². The second-order valence-corrected chi connectivity index (χ2v) is 3.98. The van der Waals surface area contributed by atoms with Crippen molar-refractivity contribution in [2.75, 3.05) is 7.11 Å². The largest absolute Gasteiger partial charge is 0.479 e. The van der Waals surface area contributed by atoms with Crippen molar-refractivity contribution < 1.29 is 39.5 Å². The Labute approximate surface area is 114 Å². The standard InChI is InChI=1S/C7H11NO2.C4H6O6/c1-10-7(9)5-2-3-6(8)4-5;5-1(3(7)8)2(6)4(9)10/h2-3,5-6H,4,8H2,1H3;1-2,5-6H,(H,7,8)(H,9,10)/t5-,6+;1-,2-/m00/s1. The molecule has 114 valence electrons. The number of carbonyl (C=O) groups excluding carboxylic acids is 1. The third-order valence-corrected chi connectivity index (χ3v) is 2.43. The molecule has 1 rings (SSSR count). The first-order valence-electron chi connectivity index (χ1n) is 5.54. The number of aliphatic hydroxyl groups excluding tert-OH is 2. The van der Waals surface area contributed by atoms with Crippen LogP contribution in [-0.2, 0) is 19.1 Å². The summed E-state index contributed by atoms with van der Waals surface area (Å²) in [5.74, 6) is -3.84. The molecule has 0 saturated carbocycles. The zero-order chi connectivity index (χ0) is 15.9. The van der Waals surface area contributed by atoms with Crippen LogP contribution in [0.4, 0.5) is 0 Å². The quantitative estimate of drug-likeness (QED) is 0.289. The normalized spacial score (nSPS) is 23.2. The lowest BCUT2D eigenvalue weighted by Crippen LogP contribution is -2.39. The number of hydrogen-bond donors (Lipinski definition) is 5. The molecule has 0 unspecified atom stereocenters. The minimum Gasteiger partial charge on any atom is -0.479 e. The number of carboxylic acids is 2.